The number of amides is 3. The number of hydrogen-bond donors (Lipinski definition) is 0. The van der Waals surface area contributed by atoms with E-state index in [2.05, 4.69) is 0 Å². The maximum absolute atomic E-state index is 13.3. The fourth-order valence-electron chi connectivity index (χ4n) is 4.07. The first-order chi connectivity index (χ1) is 15.5. The van der Waals surface area contributed by atoms with Crippen LogP contribution in [0.15, 0.2) is 72.8 Å². The molecular weight excluding hydrogens is 407 g/mol. The second-order valence-electron chi connectivity index (χ2n) is 8.23. The second-order valence-corrected chi connectivity index (χ2v) is 8.23. The summed E-state index contributed by atoms with van der Waals surface area (Å²) in [6.45, 7) is 0.515. The monoisotopic (exact) mass is 428 g/mol. The molecule has 160 valence electrons. The molecule has 5 rings (SSSR count). The molecule has 3 aromatic rings. The van der Waals surface area contributed by atoms with E-state index < -0.39 is 0 Å². The molecular formula is C26H21FN2O3. The van der Waals surface area contributed by atoms with Crippen LogP contribution in [0.4, 0.5) is 4.39 Å². The molecule has 0 N–H and O–H groups in total. The Morgan fingerprint density at radius 2 is 1.53 bits per heavy atom. The van der Waals surface area contributed by atoms with Gasteiger partial charge in [-0.1, -0.05) is 36.4 Å². The summed E-state index contributed by atoms with van der Waals surface area (Å²) < 4.78 is 13.2. The fourth-order valence-corrected chi connectivity index (χ4v) is 4.07. The first-order valence-electron chi connectivity index (χ1n) is 10.6. The number of benzene rings is 3. The molecule has 0 spiro atoms. The summed E-state index contributed by atoms with van der Waals surface area (Å²) in [5.74, 6) is -1.06. The van der Waals surface area contributed by atoms with Gasteiger partial charge in [0.2, 0.25) is 0 Å². The van der Waals surface area contributed by atoms with Crippen molar-refractivity contribution in [1.29, 1.82) is 0 Å². The Bertz CT molecular complexity index is 1180. The molecule has 5 nitrogen and oxygen atoms in total. The Kier molecular flexibility index (Phi) is 5.05. The zero-order valence-corrected chi connectivity index (χ0v) is 17.3. The Morgan fingerprint density at radius 1 is 0.875 bits per heavy atom. The topological polar surface area (TPSA) is 57.7 Å². The predicted molar refractivity (Wildman–Crippen MR) is 116 cm³/mol. The van der Waals surface area contributed by atoms with Gasteiger partial charge >= 0.3 is 0 Å². The minimum absolute atomic E-state index is 0.106. The third-order valence-corrected chi connectivity index (χ3v) is 5.91. The third kappa shape index (κ3) is 3.80. The average molecular weight is 428 g/mol. The molecule has 0 radical (unpaired) electrons. The van der Waals surface area contributed by atoms with Gasteiger partial charge in [-0.05, 0) is 60.4 Å². The Morgan fingerprint density at radius 3 is 2.16 bits per heavy atom. The van der Waals surface area contributed by atoms with Gasteiger partial charge in [-0.3, -0.25) is 19.3 Å². The van der Waals surface area contributed by atoms with Gasteiger partial charge in [-0.2, -0.15) is 0 Å². The average Bonchev–Trinajstić information content (AvgIpc) is 3.63. The highest BCUT2D eigenvalue weighted by atomic mass is 19.1. The Hall–Kier alpha value is -3.80. The molecule has 1 aliphatic carbocycles. The zero-order chi connectivity index (χ0) is 22.2. The largest absolute Gasteiger partial charge is 0.331 e. The van der Waals surface area contributed by atoms with Crippen LogP contribution in [0.25, 0.3) is 0 Å². The molecule has 32 heavy (non-hydrogen) atoms. The van der Waals surface area contributed by atoms with Crippen LogP contribution in [0, 0.1) is 5.82 Å². The molecule has 1 fully saturated rings. The first kappa shape index (κ1) is 20.1. The smallest absolute Gasteiger partial charge is 0.261 e. The summed E-state index contributed by atoms with van der Waals surface area (Å²) in [6, 6.07) is 20.2. The molecule has 2 aliphatic rings. The molecule has 6 heteroatoms. The fraction of sp³-hybridized carbons (Fsp3) is 0.192. The quantitative estimate of drug-likeness (QED) is 0.546. The lowest BCUT2D eigenvalue weighted by Crippen LogP contribution is -2.33. The number of rotatable bonds is 6. The van der Waals surface area contributed by atoms with E-state index >= 15 is 0 Å². The van der Waals surface area contributed by atoms with Gasteiger partial charge in [0.1, 0.15) is 5.82 Å². The van der Waals surface area contributed by atoms with Crippen LogP contribution in [0.2, 0.25) is 0 Å². The lowest BCUT2D eigenvalue weighted by atomic mass is 10.1. The summed E-state index contributed by atoms with van der Waals surface area (Å²) in [4.78, 5) is 41.7. The van der Waals surface area contributed by atoms with Crippen molar-refractivity contribution < 1.29 is 18.8 Å². The van der Waals surface area contributed by atoms with Crippen LogP contribution in [0.5, 0.6) is 0 Å². The third-order valence-electron chi connectivity index (χ3n) is 5.91. The number of halogens is 1. The van der Waals surface area contributed by atoms with Crippen molar-refractivity contribution in [1.82, 2.24) is 9.80 Å². The SMILES string of the molecule is O=C1c2ccccc2C(=O)N1Cc1cccc(C(=O)N(Cc2ccc(F)cc2)C2CC2)c1. The molecule has 0 aromatic heterocycles. The molecule has 0 saturated heterocycles. The minimum atomic E-state index is -0.321. The number of carbonyl (C=O) groups is 3. The van der Waals surface area contributed by atoms with E-state index in [4.69, 9.17) is 0 Å². The standard InChI is InChI=1S/C26H21FN2O3/c27-20-10-8-17(9-11-20)15-28(21-12-13-21)24(30)19-5-3-4-18(14-19)16-29-25(31)22-6-1-2-7-23(22)26(29)32/h1-11,14,21H,12-13,15-16H2. The summed E-state index contributed by atoms with van der Waals surface area (Å²) in [5.41, 5.74) is 2.90. The van der Waals surface area contributed by atoms with E-state index in [1.807, 2.05) is 11.0 Å². The lowest BCUT2D eigenvalue weighted by molar-refractivity contribution is 0.0642. The molecule has 0 bridgehead atoms. The number of nitrogens with zero attached hydrogens (tertiary/aromatic N) is 2. The van der Waals surface area contributed by atoms with Crippen molar-refractivity contribution in [3.8, 4) is 0 Å². The van der Waals surface area contributed by atoms with E-state index in [0.29, 0.717) is 28.8 Å². The maximum atomic E-state index is 13.3. The van der Waals surface area contributed by atoms with Crippen molar-refractivity contribution in [2.24, 2.45) is 0 Å². The maximum Gasteiger partial charge on any atom is 0.261 e. The van der Waals surface area contributed by atoms with Crippen molar-refractivity contribution in [2.45, 2.75) is 32.0 Å². The predicted octanol–water partition coefficient (Wildman–Crippen LogP) is 4.43. The highest BCUT2D eigenvalue weighted by Gasteiger charge is 2.36. The van der Waals surface area contributed by atoms with Crippen LogP contribution in [0.1, 0.15) is 55.0 Å². The van der Waals surface area contributed by atoms with E-state index in [1.165, 1.54) is 17.0 Å². The molecule has 0 atom stereocenters. The van der Waals surface area contributed by atoms with Crippen molar-refractivity contribution >= 4 is 17.7 Å². The number of fused-ring (bicyclic) bond motifs is 1. The number of carbonyl (C=O) groups excluding carboxylic acids is 3. The molecule has 1 heterocycles. The zero-order valence-electron chi connectivity index (χ0n) is 17.3. The number of imide groups is 1. The van der Waals surface area contributed by atoms with Crippen LogP contribution in [-0.2, 0) is 13.1 Å². The van der Waals surface area contributed by atoms with Crippen molar-refractivity contribution in [3.05, 3.63) is 106 Å². The van der Waals surface area contributed by atoms with Gasteiger partial charge in [0.25, 0.3) is 17.7 Å². The van der Waals surface area contributed by atoms with Gasteiger partial charge in [-0.15, -0.1) is 0 Å². The second kappa shape index (κ2) is 8.04. The van der Waals surface area contributed by atoms with Crippen LogP contribution < -0.4 is 0 Å². The number of hydrogen-bond acceptors (Lipinski definition) is 3. The van der Waals surface area contributed by atoms with Crippen molar-refractivity contribution in [3.63, 3.8) is 0 Å². The first-order valence-corrected chi connectivity index (χ1v) is 10.6. The van der Waals surface area contributed by atoms with E-state index in [-0.39, 0.29) is 36.1 Å². The molecule has 1 aliphatic heterocycles. The molecule has 1 saturated carbocycles. The molecule has 0 unspecified atom stereocenters. The molecule has 3 aromatic carbocycles. The van der Waals surface area contributed by atoms with Crippen LogP contribution in [-0.4, -0.2) is 33.6 Å². The van der Waals surface area contributed by atoms with Gasteiger partial charge in [0, 0.05) is 18.2 Å². The van der Waals surface area contributed by atoms with Gasteiger partial charge in [0.15, 0.2) is 0 Å². The van der Waals surface area contributed by atoms with E-state index in [1.54, 1.807) is 54.6 Å². The summed E-state index contributed by atoms with van der Waals surface area (Å²) >= 11 is 0. The highest BCUT2D eigenvalue weighted by Crippen LogP contribution is 2.30. The highest BCUT2D eigenvalue weighted by molar-refractivity contribution is 6.21. The van der Waals surface area contributed by atoms with E-state index in [0.717, 1.165) is 18.4 Å². The summed E-state index contributed by atoms with van der Waals surface area (Å²) in [7, 11) is 0. The Labute approximate surface area is 185 Å². The minimum Gasteiger partial charge on any atom is -0.331 e. The van der Waals surface area contributed by atoms with Gasteiger partial charge in [-0.25, -0.2) is 4.39 Å². The van der Waals surface area contributed by atoms with Gasteiger partial charge in [0.05, 0.1) is 17.7 Å². The normalized spacial score (nSPS) is 15.1. The lowest BCUT2D eigenvalue weighted by Gasteiger charge is -2.23. The summed E-state index contributed by atoms with van der Waals surface area (Å²) in [6.07, 6.45) is 1.89. The molecule has 3 amide bonds. The Balaban J connectivity index is 1.35. The van der Waals surface area contributed by atoms with Gasteiger partial charge < -0.3 is 4.90 Å². The van der Waals surface area contributed by atoms with Crippen LogP contribution in [0.3, 0.4) is 0 Å². The summed E-state index contributed by atoms with van der Waals surface area (Å²) in [5, 5.41) is 0. The van der Waals surface area contributed by atoms with Crippen LogP contribution >= 0.6 is 0 Å². The van der Waals surface area contributed by atoms with E-state index in [9.17, 15) is 18.8 Å². The van der Waals surface area contributed by atoms with Crippen molar-refractivity contribution in [2.75, 3.05) is 0 Å².